The van der Waals surface area contributed by atoms with Gasteiger partial charge in [-0.3, -0.25) is 14.5 Å². The van der Waals surface area contributed by atoms with Gasteiger partial charge in [0.1, 0.15) is 5.60 Å². The Hall–Kier alpha value is -2.37. The molecule has 0 atom stereocenters. The molecule has 1 heterocycles. The van der Waals surface area contributed by atoms with Crippen LogP contribution >= 0.6 is 0 Å². The van der Waals surface area contributed by atoms with Crippen LogP contribution in [0.1, 0.15) is 54.3 Å². The molecule has 0 unspecified atom stereocenters. The van der Waals surface area contributed by atoms with E-state index in [2.05, 4.69) is 5.32 Å². The standard InChI is InChI=1S/C17H20N2O4/c1-17(2,3)23-16(22)18-10-8-11(9-10)19-14(20)12-6-4-5-7-13(12)15(19)21/h4-7,10-11H,8-9H2,1-3H3,(H,18,22). The molecule has 6 nitrogen and oxygen atoms in total. The lowest BCUT2D eigenvalue weighted by Gasteiger charge is -2.40. The topological polar surface area (TPSA) is 75.7 Å². The molecule has 1 fully saturated rings. The maximum absolute atomic E-state index is 12.4. The smallest absolute Gasteiger partial charge is 0.407 e. The van der Waals surface area contributed by atoms with E-state index in [0.29, 0.717) is 24.0 Å². The van der Waals surface area contributed by atoms with Gasteiger partial charge in [-0.1, -0.05) is 12.1 Å². The van der Waals surface area contributed by atoms with Crippen LogP contribution in [0.3, 0.4) is 0 Å². The number of fused-ring (bicyclic) bond motifs is 1. The number of rotatable bonds is 2. The molecule has 0 aromatic heterocycles. The number of ether oxygens (including phenoxy) is 1. The number of hydrogen-bond donors (Lipinski definition) is 1. The Bertz CT molecular complexity index is 636. The van der Waals surface area contributed by atoms with E-state index < -0.39 is 11.7 Å². The van der Waals surface area contributed by atoms with E-state index in [1.165, 1.54) is 4.90 Å². The first-order chi connectivity index (χ1) is 10.8. The van der Waals surface area contributed by atoms with Crippen molar-refractivity contribution < 1.29 is 19.1 Å². The van der Waals surface area contributed by atoms with E-state index in [4.69, 9.17) is 4.74 Å². The molecule has 6 heteroatoms. The molecule has 3 rings (SSSR count). The third kappa shape index (κ3) is 2.93. The van der Waals surface area contributed by atoms with Crippen molar-refractivity contribution >= 4 is 17.9 Å². The van der Waals surface area contributed by atoms with Crippen molar-refractivity contribution in [2.75, 3.05) is 0 Å². The molecule has 0 radical (unpaired) electrons. The summed E-state index contributed by atoms with van der Waals surface area (Å²) in [5.74, 6) is -0.488. The van der Waals surface area contributed by atoms with Gasteiger partial charge >= 0.3 is 6.09 Å². The number of nitrogens with zero attached hydrogens (tertiary/aromatic N) is 1. The number of carbonyl (C=O) groups excluding carboxylic acids is 3. The molecule has 0 spiro atoms. The van der Waals surface area contributed by atoms with Crippen LogP contribution in [0, 0.1) is 0 Å². The Morgan fingerprint density at radius 2 is 1.65 bits per heavy atom. The summed E-state index contributed by atoms with van der Waals surface area (Å²) < 4.78 is 5.20. The fraction of sp³-hybridized carbons (Fsp3) is 0.471. The van der Waals surface area contributed by atoms with Crippen LogP contribution in [0.25, 0.3) is 0 Å². The Morgan fingerprint density at radius 1 is 1.13 bits per heavy atom. The highest BCUT2D eigenvalue weighted by Crippen LogP contribution is 2.33. The van der Waals surface area contributed by atoms with Crippen LogP contribution in [0.4, 0.5) is 4.79 Å². The van der Waals surface area contributed by atoms with Crippen molar-refractivity contribution in [3.63, 3.8) is 0 Å². The summed E-state index contributed by atoms with van der Waals surface area (Å²) >= 11 is 0. The average molecular weight is 316 g/mol. The number of alkyl carbamates (subject to hydrolysis) is 1. The molecule has 0 bridgehead atoms. The first-order valence-corrected chi connectivity index (χ1v) is 7.73. The summed E-state index contributed by atoms with van der Waals surface area (Å²) in [5, 5.41) is 2.77. The third-order valence-corrected chi connectivity index (χ3v) is 4.02. The van der Waals surface area contributed by atoms with E-state index in [1.807, 2.05) is 0 Å². The fourth-order valence-electron chi connectivity index (χ4n) is 2.93. The zero-order chi connectivity index (χ0) is 16.8. The normalized spacial score (nSPS) is 23.3. The first kappa shape index (κ1) is 15.5. The summed E-state index contributed by atoms with van der Waals surface area (Å²) in [6.45, 7) is 5.40. The number of imide groups is 1. The number of nitrogens with one attached hydrogen (secondary N) is 1. The molecular formula is C17H20N2O4. The summed E-state index contributed by atoms with van der Waals surface area (Å²) in [7, 11) is 0. The first-order valence-electron chi connectivity index (χ1n) is 7.73. The van der Waals surface area contributed by atoms with E-state index in [0.717, 1.165) is 0 Å². The molecule has 1 saturated carbocycles. The molecule has 2 aliphatic rings. The van der Waals surface area contributed by atoms with E-state index >= 15 is 0 Å². The number of hydrogen-bond acceptors (Lipinski definition) is 4. The Balaban J connectivity index is 1.58. The minimum atomic E-state index is -0.546. The SMILES string of the molecule is CC(C)(C)OC(=O)NC1CC(N2C(=O)c3ccccc3C2=O)C1. The van der Waals surface area contributed by atoms with Gasteiger partial charge in [0.15, 0.2) is 0 Å². The highest BCUT2D eigenvalue weighted by Gasteiger charge is 2.45. The van der Waals surface area contributed by atoms with Crippen molar-refractivity contribution in [1.82, 2.24) is 10.2 Å². The van der Waals surface area contributed by atoms with Gasteiger partial charge in [0.05, 0.1) is 11.1 Å². The van der Waals surface area contributed by atoms with E-state index in [9.17, 15) is 14.4 Å². The van der Waals surface area contributed by atoms with Gasteiger partial charge < -0.3 is 10.1 Å². The number of carbonyl (C=O) groups is 3. The molecular weight excluding hydrogens is 296 g/mol. The molecule has 3 amide bonds. The lowest BCUT2D eigenvalue weighted by Crippen LogP contribution is -2.55. The number of benzene rings is 1. The predicted molar refractivity (Wildman–Crippen MR) is 83.1 cm³/mol. The van der Waals surface area contributed by atoms with Crippen LogP contribution in [-0.4, -0.2) is 40.5 Å². The zero-order valence-corrected chi connectivity index (χ0v) is 13.5. The predicted octanol–water partition coefficient (Wildman–Crippen LogP) is 2.34. The fourth-order valence-corrected chi connectivity index (χ4v) is 2.93. The lowest BCUT2D eigenvalue weighted by molar-refractivity contribution is 0.0362. The van der Waals surface area contributed by atoms with Crippen LogP contribution in [0.2, 0.25) is 0 Å². The van der Waals surface area contributed by atoms with Gasteiger partial charge in [-0.25, -0.2) is 4.79 Å². The van der Waals surface area contributed by atoms with Crippen LogP contribution in [0.15, 0.2) is 24.3 Å². The van der Waals surface area contributed by atoms with E-state index in [-0.39, 0.29) is 23.9 Å². The second-order valence-electron chi connectivity index (χ2n) is 6.99. The van der Waals surface area contributed by atoms with Gasteiger partial charge in [0, 0.05) is 12.1 Å². The van der Waals surface area contributed by atoms with E-state index in [1.54, 1.807) is 45.0 Å². The zero-order valence-electron chi connectivity index (χ0n) is 13.5. The maximum atomic E-state index is 12.4. The van der Waals surface area contributed by atoms with Crippen molar-refractivity contribution in [2.24, 2.45) is 0 Å². The Labute approximate surface area is 134 Å². The molecule has 1 aliphatic carbocycles. The highest BCUT2D eigenvalue weighted by atomic mass is 16.6. The van der Waals surface area contributed by atoms with Gasteiger partial charge in [-0.2, -0.15) is 0 Å². The van der Waals surface area contributed by atoms with Gasteiger partial charge in [0.25, 0.3) is 11.8 Å². The molecule has 23 heavy (non-hydrogen) atoms. The highest BCUT2D eigenvalue weighted by molar-refractivity contribution is 6.21. The maximum Gasteiger partial charge on any atom is 0.407 e. The Kier molecular flexibility index (Phi) is 3.62. The van der Waals surface area contributed by atoms with Gasteiger partial charge in [-0.05, 0) is 45.7 Å². The second-order valence-corrected chi connectivity index (χ2v) is 6.99. The number of amides is 3. The molecule has 0 saturated heterocycles. The molecule has 1 aromatic rings. The lowest BCUT2D eigenvalue weighted by atomic mass is 9.85. The average Bonchev–Trinajstić information content (AvgIpc) is 2.65. The van der Waals surface area contributed by atoms with Crippen molar-refractivity contribution in [3.8, 4) is 0 Å². The summed E-state index contributed by atoms with van der Waals surface area (Å²) in [5.41, 5.74) is 0.373. The monoisotopic (exact) mass is 316 g/mol. The van der Waals surface area contributed by atoms with Gasteiger partial charge in [-0.15, -0.1) is 0 Å². The minimum absolute atomic E-state index is 0.0702. The molecule has 1 aliphatic heterocycles. The molecule has 122 valence electrons. The quantitative estimate of drug-likeness (QED) is 0.850. The molecule has 1 N–H and O–H groups in total. The van der Waals surface area contributed by atoms with Gasteiger partial charge in [0.2, 0.25) is 0 Å². The van der Waals surface area contributed by atoms with Crippen molar-refractivity contribution in [3.05, 3.63) is 35.4 Å². The van der Waals surface area contributed by atoms with Crippen LogP contribution < -0.4 is 5.32 Å². The largest absolute Gasteiger partial charge is 0.444 e. The second kappa shape index (κ2) is 5.37. The van der Waals surface area contributed by atoms with Crippen LogP contribution in [-0.2, 0) is 4.74 Å². The Morgan fingerprint density at radius 3 is 2.13 bits per heavy atom. The van der Waals surface area contributed by atoms with Crippen LogP contribution in [0.5, 0.6) is 0 Å². The summed E-state index contributed by atoms with van der Waals surface area (Å²) in [4.78, 5) is 37.7. The summed E-state index contributed by atoms with van der Waals surface area (Å²) in [6.07, 6.45) is 0.651. The third-order valence-electron chi connectivity index (χ3n) is 4.02. The summed E-state index contributed by atoms with van der Waals surface area (Å²) in [6, 6.07) is 6.61. The molecule has 1 aromatic carbocycles. The minimum Gasteiger partial charge on any atom is -0.444 e. The van der Waals surface area contributed by atoms with Crippen molar-refractivity contribution in [1.29, 1.82) is 0 Å². The van der Waals surface area contributed by atoms with Crippen molar-refractivity contribution in [2.45, 2.75) is 51.3 Å².